The summed E-state index contributed by atoms with van der Waals surface area (Å²) in [5, 5.41) is 6.59. The van der Waals surface area contributed by atoms with Gasteiger partial charge < -0.3 is 15.5 Å². The first-order valence-corrected chi connectivity index (χ1v) is 12.7. The monoisotopic (exact) mass is 427 g/mol. The molecule has 0 aromatic rings. The number of nitrogens with one attached hydrogen (secondary N) is 2. The molecule has 1 unspecified atom stereocenters. The standard InChI is InChI=1S/C26H41N3O2/c1-16-14-18-20-6-5-10-25(20,2)11-7-21(18)26(3)15-19(24(31)29(4)22(16)26)23(30)28-17-8-12-27-13-9-17/h17-21,27H,5-15H2,1-4H3,(H,28,30)/t18-,19?,20-,21+,25-,26+/m0/s1. The van der Waals surface area contributed by atoms with Crippen molar-refractivity contribution in [1.29, 1.82) is 0 Å². The number of carbonyl (C=O) groups is 2. The number of amides is 2. The van der Waals surface area contributed by atoms with Gasteiger partial charge in [0.1, 0.15) is 5.92 Å². The lowest BCUT2D eigenvalue weighted by Gasteiger charge is -2.59. The third-order valence-electron chi connectivity index (χ3n) is 10.1. The van der Waals surface area contributed by atoms with Gasteiger partial charge in [0.15, 0.2) is 0 Å². The molecule has 5 rings (SSSR count). The average Bonchev–Trinajstić information content (AvgIpc) is 3.13. The van der Waals surface area contributed by atoms with Crippen LogP contribution in [-0.4, -0.2) is 42.9 Å². The Kier molecular flexibility index (Phi) is 5.27. The first-order chi connectivity index (χ1) is 14.7. The second kappa shape index (κ2) is 7.60. The van der Waals surface area contributed by atoms with Crippen LogP contribution in [0.4, 0.5) is 0 Å². The summed E-state index contributed by atoms with van der Waals surface area (Å²) in [6, 6.07) is 0.200. The van der Waals surface area contributed by atoms with E-state index in [1.807, 2.05) is 11.9 Å². The molecule has 5 heteroatoms. The first-order valence-electron chi connectivity index (χ1n) is 12.7. The number of piperidine rings is 2. The normalized spacial score (nSPS) is 43.4. The number of allylic oxidation sites excluding steroid dienone is 2. The second-order valence-electron chi connectivity index (χ2n) is 11.9. The van der Waals surface area contributed by atoms with Crippen molar-refractivity contribution in [3.05, 3.63) is 11.3 Å². The van der Waals surface area contributed by atoms with E-state index in [0.717, 1.165) is 38.3 Å². The quantitative estimate of drug-likeness (QED) is 0.658. The minimum Gasteiger partial charge on any atom is -0.353 e. The third kappa shape index (κ3) is 3.29. The molecule has 6 atom stereocenters. The predicted molar refractivity (Wildman–Crippen MR) is 122 cm³/mol. The van der Waals surface area contributed by atoms with Crippen LogP contribution in [0.2, 0.25) is 0 Å². The minimum absolute atomic E-state index is 0.00164. The van der Waals surface area contributed by atoms with Crippen molar-refractivity contribution in [2.24, 2.45) is 34.5 Å². The molecular formula is C26H41N3O2. The number of carbonyl (C=O) groups excluding carboxylic acids is 2. The van der Waals surface area contributed by atoms with Gasteiger partial charge in [-0.05, 0) is 94.5 Å². The molecule has 2 saturated carbocycles. The molecule has 0 radical (unpaired) electrons. The Balaban J connectivity index is 1.44. The maximum atomic E-state index is 13.4. The van der Waals surface area contributed by atoms with E-state index in [4.69, 9.17) is 0 Å². The molecule has 5 nitrogen and oxygen atoms in total. The van der Waals surface area contributed by atoms with Crippen molar-refractivity contribution in [3.8, 4) is 0 Å². The molecule has 2 aliphatic heterocycles. The van der Waals surface area contributed by atoms with E-state index in [9.17, 15) is 9.59 Å². The molecule has 2 amide bonds. The molecule has 2 heterocycles. The summed E-state index contributed by atoms with van der Waals surface area (Å²) in [6.45, 7) is 9.05. The third-order valence-corrected chi connectivity index (χ3v) is 10.1. The van der Waals surface area contributed by atoms with Crippen molar-refractivity contribution in [2.45, 2.75) is 84.6 Å². The lowest BCUT2D eigenvalue weighted by Crippen LogP contribution is -2.59. The van der Waals surface area contributed by atoms with Crippen LogP contribution in [-0.2, 0) is 9.59 Å². The van der Waals surface area contributed by atoms with E-state index >= 15 is 0 Å². The number of fused-ring (bicyclic) bond motifs is 5. The highest BCUT2D eigenvalue weighted by Crippen LogP contribution is 2.65. The summed E-state index contributed by atoms with van der Waals surface area (Å²) in [7, 11) is 1.92. The molecule has 0 aromatic carbocycles. The summed E-state index contributed by atoms with van der Waals surface area (Å²) in [6.07, 6.45) is 10.4. The zero-order valence-electron chi connectivity index (χ0n) is 19.9. The van der Waals surface area contributed by atoms with Crippen LogP contribution < -0.4 is 10.6 Å². The lowest BCUT2D eigenvalue weighted by atomic mass is 9.48. The van der Waals surface area contributed by atoms with E-state index < -0.39 is 5.92 Å². The maximum Gasteiger partial charge on any atom is 0.239 e. The van der Waals surface area contributed by atoms with Gasteiger partial charge in [-0.25, -0.2) is 0 Å². The van der Waals surface area contributed by atoms with Crippen LogP contribution in [0.1, 0.15) is 78.6 Å². The molecule has 2 saturated heterocycles. The Morgan fingerprint density at radius 2 is 1.84 bits per heavy atom. The number of nitrogens with zero attached hydrogens (tertiary/aromatic N) is 1. The lowest BCUT2D eigenvalue weighted by molar-refractivity contribution is -0.149. The smallest absolute Gasteiger partial charge is 0.239 e. The van der Waals surface area contributed by atoms with Gasteiger partial charge in [-0.15, -0.1) is 0 Å². The van der Waals surface area contributed by atoms with Gasteiger partial charge in [0.2, 0.25) is 11.8 Å². The summed E-state index contributed by atoms with van der Waals surface area (Å²) in [5.74, 6) is 1.53. The van der Waals surface area contributed by atoms with E-state index in [1.54, 1.807) is 0 Å². The maximum absolute atomic E-state index is 13.4. The minimum atomic E-state index is -0.544. The van der Waals surface area contributed by atoms with Gasteiger partial charge in [0, 0.05) is 24.2 Å². The van der Waals surface area contributed by atoms with E-state index in [2.05, 4.69) is 31.4 Å². The second-order valence-corrected chi connectivity index (χ2v) is 11.9. The molecule has 5 aliphatic rings. The highest BCUT2D eigenvalue weighted by Gasteiger charge is 2.60. The molecular weight excluding hydrogens is 386 g/mol. The molecule has 2 N–H and O–H groups in total. The van der Waals surface area contributed by atoms with Crippen LogP contribution >= 0.6 is 0 Å². The van der Waals surface area contributed by atoms with Crippen molar-refractivity contribution in [1.82, 2.24) is 15.5 Å². The van der Waals surface area contributed by atoms with Crippen LogP contribution in [0.5, 0.6) is 0 Å². The van der Waals surface area contributed by atoms with Crippen molar-refractivity contribution < 1.29 is 9.59 Å². The predicted octanol–water partition coefficient (Wildman–Crippen LogP) is 3.85. The fraction of sp³-hybridized carbons (Fsp3) is 0.846. The average molecular weight is 428 g/mol. The van der Waals surface area contributed by atoms with Crippen molar-refractivity contribution >= 4 is 11.8 Å². The summed E-state index contributed by atoms with van der Waals surface area (Å²) in [5.41, 5.74) is 3.08. The van der Waals surface area contributed by atoms with Crippen LogP contribution in [0, 0.1) is 34.5 Å². The Labute approximate surface area is 187 Å². The van der Waals surface area contributed by atoms with Gasteiger partial charge in [-0.2, -0.15) is 0 Å². The zero-order valence-corrected chi connectivity index (χ0v) is 19.9. The van der Waals surface area contributed by atoms with Gasteiger partial charge in [0.25, 0.3) is 0 Å². The molecule has 0 spiro atoms. The number of rotatable bonds is 2. The van der Waals surface area contributed by atoms with Gasteiger partial charge in [-0.3, -0.25) is 9.59 Å². The van der Waals surface area contributed by atoms with Crippen LogP contribution in [0.15, 0.2) is 11.3 Å². The van der Waals surface area contributed by atoms with Crippen LogP contribution in [0.25, 0.3) is 0 Å². The van der Waals surface area contributed by atoms with Gasteiger partial charge in [-0.1, -0.05) is 25.8 Å². The van der Waals surface area contributed by atoms with E-state index in [-0.39, 0.29) is 23.3 Å². The van der Waals surface area contributed by atoms with E-state index in [1.165, 1.54) is 43.4 Å². The SMILES string of the molecule is CC1=C2N(C)C(=O)C(C(=O)NC3CCNCC3)C[C@]2(C)[C@@H]2CC[C@]3(C)CCC[C@H]3[C@@H]2C1. The summed E-state index contributed by atoms with van der Waals surface area (Å²) < 4.78 is 0. The number of hydrogen-bond donors (Lipinski definition) is 2. The molecule has 3 aliphatic carbocycles. The fourth-order valence-corrected chi connectivity index (χ4v) is 8.72. The largest absolute Gasteiger partial charge is 0.353 e. The van der Waals surface area contributed by atoms with E-state index in [0.29, 0.717) is 23.7 Å². The Bertz CT molecular complexity index is 800. The summed E-state index contributed by atoms with van der Waals surface area (Å²) >= 11 is 0. The topological polar surface area (TPSA) is 61.4 Å². The molecule has 4 fully saturated rings. The highest BCUT2D eigenvalue weighted by molar-refractivity contribution is 6.02. The van der Waals surface area contributed by atoms with Gasteiger partial charge >= 0.3 is 0 Å². The van der Waals surface area contributed by atoms with Crippen LogP contribution in [0.3, 0.4) is 0 Å². The van der Waals surface area contributed by atoms with Crippen molar-refractivity contribution in [2.75, 3.05) is 20.1 Å². The molecule has 172 valence electrons. The Morgan fingerprint density at radius 3 is 2.58 bits per heavy atom. The zero-order chi connectivity index (χ0) is 22.0. The summed E-state index contributed by atoms with van der Waals surface area (Å²) in [4.78, 5) is 28.6. The fourth-order valence-electron chi connectivity index (χ4n) is 8.72. The molecule has 0 bridgehead atoms. The molecule has 31 heavy (non-hydrogen) atoms. The number of hydrogen-bond acceptors (Lipinski definition) is 3. The number of likely N-dealkylation sites (tertiary alicyclic amines) is 1. The Hall–Kier alpha value is -1.36. The van der Waals surface area contributed by atoms with Crippen molar-refractivity contribution in [3.63, 3.8) is 0 Å². The first kappa shape index (κ1) is 21.5. The molecule has 0 aromatic heterocycles. The highest BCUT2D eigenvalue weighted by atomic mass is 16.2. The van der Waals surface area contributed by atoms with Gasteiger partial charge in [0.05, 0.1) is 0 Å². The Morgan fingerprint density at radius 1 is 1.10 bits per heavy atom.